The standard InChI is InChI=1S/C19H23N3O2/c1-24-18-6-4-15(5-7-18)8-9-21-17-12-16(13-20-14-17)19(23)22-10-2-3-11-22/h4-7,12-14,21H,2-3,8-11H2,1H3. The quantitative estimate of drug-likeness (QED) is 0.887. The van der Waals surface area contributed by atoms with E-state index < -0.39 is 0 Å². The van der Waals surface area contributed by atoms with Crippen molar-refractivity contribution in [2.45, 2.75) is 19.3 Å². The summed E-state index contributed by atoms with van der Waals surface area (Å²) >= 11 is 0. The van der Waals surface area contributed by atoms with E-state index in [1.165, 1.54) is 5.56 Å². The van der Waals surface area contributed by atoms with Crippen LogP contribution in [0.25, 0.3) is 0 Å². The fourth-order valence-corrected chi connectivity index (χ4v) is 2.90. The van der Waals surface area contributed by atoms with E-state index in [9.17, 15) is 4.79 Å². The molecular formula is C19H23N3O2. The summed E-state index contributed by atoms with van der Waals surface area (Å²) in [6, 6.07) is 9.94. The monoisotopic (exact) mass is 325 g/mol. The van der Waals surface area contributed by atoms with Crippen LogP contribution in [0.1, 0.15) is 28.8 Å². The highest BCUT2D eigenvalue weighted by Gasteiger charge is 2.19. The molecule has 0 radical (unpaired) electrons. The molecule has 1 aliphatic heterocycles. The Morgan fingerprint density at radius 1 is 1.21 bits per heavy atom. The minimum absolute atomic E-state index is 0.0822. The maximum absolute atomic E-state index is 12.4. The van der Waals surface area contributed by atoms with Crippen molar-refractivity contribution in [2.24, 2.45) is 0 Å². The fourth-order valence-electron chi connectivity index (χ4n) is 2.90. The van der Waals surface area contributed by atoms with E-state index >= 15 is 0 Å². The molecule has 2 heterocycles. The molecule has 5 nitrogen and oxygen atoms in total. The molecule has 0 bridgehead atoms. The van der Waals surface area contributed by atoms with Gasteiger partial charge in [-0.3, -0.25) is 9.78 Å². The first kappa shape index (κ1) is 16.3. The average molecular weight is 325 g/mol. The van der Waals surface area contributed by atoms with E-state index in [2.05, 4.69) is 22.4 Å². The van der Waals surface area contributed by atoms with Crippen LogP contribution < -0.4 is 10.1 Å². The molecule has 1 fully saturated rings. The van der Waals surface area contributed by atoms with Crippen LogP contribution >= 0.6 is 0 Å². The number of rotatable bonds is 6. The van der Waals surface area contributed by atoms with Crippen LogP contribution in [0.2, 0.25) is 0 Å². The van der Waals surface area contributed by atoms with Crippen molar-refractivity contribution >= 4 is 11.6 Å². The number of aromatic nitrogens is 1. The third kappa shape index (κ3) is 4.04. The van der Waals surface area contributed by atoms with E-state index in [0.717, 1.165) is 50.3 Å². The predicted molar refractivity (Wildman–Crippen MR) is 94.6 cm³/mol. The maximum Gasteiger partial charge on any atom is 0.255 e. The Morgan fingerprint density at radius 3 is 2.67 bits per heavy atom. The Balaban J connectivity index is 1.55. The van der Waals surface area contributed by atoms with E-state index in [1.54, 1.807) is 19.5 Å². The van der Waals surface area contributed by atoms with Crippen LogP contribution in [0.4, 0.5) is 5.69 Å². The lowest BCUT2D eigenvalue weighted by atomic mass is 10.1. The SMILES string of the molecule is COc1ccc(CCNc2cncc(C(=O)N3CCCC3)c2)cc1. The van der Waals surface area contributed by atoms with Crippen molar-refractivity contribution in [3.63, 3.8) is 0 Å². The fraction of sp³-hybridized carbons (Fsp3) is 0.368. The minimum Gasteiger partial charge on any atom is -0.497 e. The minimum atomic E-state index is 0.0822. The third-order valence-corrected chi connectivity index (χ3v) is 4.28. The summed E-state index contributed by atoms with van der Waals surface area (Å²) in [7, 11) is 1.67. The largest absolute Gasteiger partial charge is 0.497 e. The molecule has 126 valence electrons. The Labute approximate surface area is 142 Å². The van der Waals surface area contributed by atoms with Crippen LogP contribution in [0.15, 0.2) is 42.7 Å². The number of methoxy groups -OCH3 is 1. The van der Waals surface area contributed by atoms with Crippen molar-refractivity contribution in [3.05, 3.63) is 53.9 Å². The number of nitrogens with one attached hydrogen (secondary N) is 1. The van der Waals surface area contributed by atoms with Crippen molar-refractivity contribution in [2.75, 3.05) is 32.1 Å². The maximum atomic E-state index is 12.4. The van der Waals surface area contributed by atoms with E-state index in [0.29, 0.717) is 5.56 Å². The zero-order valence-corrected chi connectivity index (χ0v) is 14.0. The number of pyridine rings is 1. The second-order valence-corrected chi connectivity index (χ2v) is 5.99. The first-order chi connectivity index (χ1) is 11.8. The van der Waals surface area contributed by atoms with Gasteiger partial charge in [0.15, 0.2) is 0 Å². The normalized spacial score (nSPS) is 13.8. The molecule has 1 saturated heterocycles. The van der Waals surface area contributed by atoms with Crippen LogP contribution in [-0.4, -0.2) is 42.5 Å². The summed E-state index contributed by atoms with van der Waals surface area (Å²) < 4.78 is 5.16. The van der Waals surface area contributed by atoms with Gasteiger partial charge in [0.2, 0.25) is 0 Å². The molecule has 0 saturated carbocycles. The summed E-state index contributed by atoms with van der Waals surface area (Å²) in [5.41, 5.74) is 2.78. The summed E-state index contributed by atoms with van der Waals surface area (Å²) in [6.45, 7) is 2.50. The number of amides is 1. The highest BCUT2D eigenvalue weighted by molar-refractivity contribution is 5.94. The van der Waals surface area contributed by atoms with Gasteiger partial charge in [0, 0.05) is 32.0 Å². The summed E-state index contributed by atoms with van der Waals surface area (Å²) in [5.74, 6) is 0.947. The van der Waals surface area contributed by atoms with Crippen LogP contribution in [-0.2, 0) is 6.42 Å². The molecular weight excluding hydrogens is 302 g/mol. The second-order valence-electron chi connectivity index (χ2n) is 5.99. The van der Waals surface area contributed by atoms with Gasteiger partial charge in [-0.15, -0.1) is 0 Å². The number of hydrogen-bond acceptors (Lipinski definition) is 4. The van der Waals surface area contributed by atoms with Gasteiger partial charge in [-0.25, -0.2) is 0 Å². The summed E-state index contributed by atoms with van der Waals surface area (Å²) in [5, 5.41) is 3.34. The number of hydrogen-bond donors (Lipinski definition) is 1. The second kappa shape index (κ2) is 7.81. The van der Waals surface area contributed by atoms with Gasteiger partial charge in [-0.1, -0.05) is 12.1 Å². The lowest BCUT2D eigenvalue weighted by Gasteiger charge is -2.15. The Morgan fingerprint density at radius 2 is 1.96 bits per heavy atom. The van der Waals surface area contributed by atoms with Gasteiger partial charge in [0.25, 0.3) is 5.91 Å². The first-order valence-electron chi connectivity index (χ1n) is 8.37. The van der Waals surface area contributed by atoms with Crippen LogP contribution in [0, 0.1) is 0 Å². The predicted octanol–water partition coefficient (Wildman–Crippen LogP) is 2.98. The molecule has 0 aliphatic carbocycles. The van der Waals surface area contributed by atoms with Crippen molar-refractivity contribution in [3.8, 4) is 5.75 Å². The van der Waals surface area contributed by atoms with Gasteiger partial charge in [0.05, 0.1) is 18.4 Å². The first-order valence-corrected chi connectivity index (χ1v) is 8.37. The highest BCUT2D eigenvalue weighted by Crippen LogP contribution is 2.16. The van der Waals surface area contributed by atoms with Crippen molar-refractivity contribution < 1.29 is 9.53 Å². The number of nitrogens with zero attached hydrogens (tertiary/aromatic N) is 2. The number of carbonyl (C=O) groups is 1. The number of likely N-dealkylation sites (tertiary alicyclic amines) is 1. The molecule has 1 aliphatic rings. The van der Waals surface area contributed by atoms with E-state index in [1.807, 2.05) is 23.1 Å². The highest BCUT2D eigenvalue weighted by atomic mass is 16.5. The molecule has 0 atom stereocenters. The topological polar surface area (TPSA) is 54.5 Å². The molecule has 0 unspecified atom stereocenters. The molecule has 2 aromatic rings. The summed E-state index contributed by atoms with van der Waals surface area (Å²) in [4.78, 5) is 18.5. The Bertz CT molecular complexity index is 679. The molecule has 1 N–H and O–H groups in total. The molecule has 1 aromatic carbocycles. The van der Waals surface area contributed by atoms with Crippen LogP contribution in [0.5, 0.6) is 5.75 Å². The number of ether oxygens (including phenoxy) is 1. The number of carbonyl (C=O) groups excluding carboxylic acids is 1. The van der Waals surface area contributed by atoms with Gasteiger partial charge in [-0.05, 0) is 43.0 Å². The molecule has 24 heavy (non-hydrogen) atoms. The summed E-state index contributed by atoms with van der Waals surface area (Å²) in [6.07, 6.45) is 6.50. The number of anilines is 1. The molecule has 3 rings (SSSR count). The molecule has 5 heteroatoms. The van der Waals surface area contributed by atoms with Gasteiger partial charge in [-0.2, -0.15) is 0 Å². The Hall–Kier alpha value is -2.56. The third-order valence-electron chi connectivity index (χ3n) is 4.28. The van der Waals surface area contributed by atoms with Gasteiger partial charge >= 0.3 is 0 Å². The van der Waals surface area contributed by atoms with Crippen molar-refractivity contribution in [1.29, 1.82) is 0 Å². The van der Waals surface area contributed by atoms with E-state index in [-0.39, 0.29) is 5.91 Å². The van der Waals surface area contributed by atoms with Gasteiger partial charge in [0.1, 0.15) is 5.75 Å². The van der Waals surface area contributed by atoms with Crippen LogP contribution in [0.3, 0.4) is 0 Å². The van der Waals surface area contributed by atoms with E-state index in [4.69, 9.17) is 4.74 Å². The lowest BCUT2D eigenvalue weighted by Crippen LogP contribution is -2.27. The zero-order chi connectivity index (χ0) is 16.8. The smallest absolute Gasteiger partial charge is 0.255 e. The zero-order valence-electron chi connectivity index (χ0n) is 14.0. The molecule has 0 spiro atoms. The molecule has 1 amide bonds. The molecule has 1 aromatic heterocycles. The van der Waals surface area contributed by atoms with Crippen molar-refractivity contribution in [1.82, 2.24) is 9.88 Å². The number of benzene rings is 1. The lowest BCUT2D eigenvalue weighted by molar-refractivity contribution is 0.0792. The Kier molecular flexibility index (Phi) is 5.31. The average Bonchev–Trinajstić information content (AvgIpc) is 3.16. The van der Waals surface area contributed by atoms with Gasteiger partial charge < -0.3 is 15.0 Å².